The summed E-state index contributed by atoms with van der Waals surface area (Å²) in [6.07, 6.45) is 1.56. The largest absolute Gasteiger partial charge is 0.242 e. The van der Waals surface area contributed by atoms with E-state index in [1.54, 1.807) is 12.3 Å². The Morgan fingerprint density at radius 2 is 2.10 bits per heavy atom. The molecule has 0 aliphatic carbocycles. The summed E-state index contributed by atoms with van der Waals surface area (Å²) in [5.41, 5.74) is 0. The second-order valence-electron chi connectivity index (χ2n) is 1.52. The molecule has 10 heavy (non-hydrogen) atoms. The van der Waals surface area contributed by atoms with Crippen LogP contribution in [-0.2, 0) is 0 Å². The van der Waals surface area contributed by atoms with Crippen LogP contribution in [0.2, 0.25) is 10.2 Å². The molecule has 0 aromatic carbocycles. The molecule has 0 fully saturated rings. The first-order chi connectivity index (χ1) is 4.74. The van der Waals surface area contributed by atoms with Crippen LogP contribution < -0.4 is 0 Å². The molecule has 1 rings (SSSR count). The Morgan fingerprint density at radius 3 is 2.60 bits per heavy atom. The lowest BCUT2D eigenvalue weighted by Gasteiger charge is -1.94. The second-order valence-corrected chi connectivity index (χ2v) is 3.37. The highest BCUT2D eigenvalue weighted by molar-refractivity contribution is 8.21. The zero-order valence-corrected chi connectivity index (χ0v) is 7.73. The van der Waals surface area contributed by atoms with Gasteiger partial charge in [-0.05, 0) is 27.7 Å². The van der Waals surface area contributed by atoms with Crippen LogP contribution >= 0.6 is 44.9 Å². The maximum absolute atomic E-state index is 5.63. The van der Waals surface area contributed by atoms with Gasteiger partial charge in [0.25, 0.3) is 0 Å². The van der Waals surface area contributed by atoms with Gasteiger partial charge in [0.2, 0.25) is 0 Å². The molecule has 0 bridgehead atoms. The molecule has 0 spiro atoms. The lowest BCUT2D eigenvalue weighted by molar-refractivity contribution is 1.24. The first-order valence-electron chi connectivity index (χ1n) is 2.33. The minimum Gasteiger partial charge on any atom is -0.242 e. The zero-order valence-electron chi connectivity index (χ0n) is 4.64. The summed E-state index contributed by atoms with van der Waals surface area (Å²) in [5, 5.41) is 0.725. The van der Waals surface area contributed by atoms with E-state index >= 15 is 0 Å². The molecular formula is C5H2Cl3NS. The number of rotatable bonds is 1. The van der Waals surface area contributed by atoms with Crippen molar-refractivity contribution in [2.45, 2.75) is 4.90 Å². The van der Waals surface area contributed by atoms with Crippen LogP contribution in [0.5, 0.6) is 0 Å². The summed E-state index contributed by atoms with van der Waals surface area (Å²) in [7, 11) is 6.48. The Bertz CT molecular complexity index is 240. The molecule has 5 heteroatoms. The summed E-state index contributed by atoms with van der Waals surface area (Å²) in [6.45, 7) is 0. The van der Waals surface area contributed by atoms with Crippen molar-refractivity contribution in [2.75, 3.05) is 0 Å². The van der Waals surface area contributed by atoms with E-state index in [2.05, 4.69) is 4.98 Å². The molecular weight excluding hydrogens is 212 g/mol. The van der Waals surface area contributed by atoms with Gasteiger partial charge in [-0.1, -0.05) is 23.2 Å². The topological polar surface area (TPSA) is 12.9 Å². The monoisotopic (exact) mass is 213 g/mol. The van der Waals surface area contributed by atoms with Gasteiger partial charge in [-0.25, -0.2) is 4.98 Å². The molecule has 1 aromatic rings. The maximum atomic E-state index is 5.63. The highest BCUT2D eigenvalue weighted by Gasteiger charge is 1.99. The SMILES string of the molecule is ClSc1cnc(Cl)c(Cl)c1. The number of halogens is 3. The van der Waals surface area contributed by atoms with E-state index in [1.807, 2.05) is 0 Å². The van der Waals surface area contributed by atoms with E-state index in [0.717, 1.165) is 15.9 Å². The molecule has 0 aliphatic rings. The van der Waals surface area contributed by atoms with Crippen molar-refractivity contribution < 1.29 is 0 Å². The molecule has 0 atom stereocenters. The third-order valence-corrected chi connectivity index (χ3v) is 2.48. The summed E-state index contributed by atoms with van der Waals surface area (Å²) < 4.78 is 0. The Hall–Kier alpha value is 0.370. The molecule has 1 aromatic heterocycles. The molecule has 0 saturated carbocycles. The normalized spacial score (nSPS) is 9.90. The molecule has 54 valence electrons. The van der Waals surface area contributed by atoms with Gasteiger partial charge in [0, 0.05) is 11.1 Å². The van der Waals surface area contributed by atoms with E-state index in [0.29, 0.717) is 10.2 Å². The average molecular weight is 215 g/mol. The number of hydrogen-bond acceptors (Lipinski definition) is 2. The third-order valence-electron chi connectivity index (χ3n) is 0.860. The van der Waals surface area contributed by atoms with Crippen LogP contribution in [0.3, 0.4) is 0 Å². The van der Waals surface area contributed by atoms with Crippen molar-refractivity contribution >= 4 is 44.9 Å². The molecule has 1 nitrogen and oxygen atoms in total. The molecule has 0 amide bonds. The zero-order chi connectivity index (χ0) is 7.56. The molecule has 0 saturated heterocycles. The van der Waals surface area contributed by atoms with Crippen LogP contribution in [0.4, 0.5) is 0 Å². The molecule has 0 radical (unpaired) electrons. The first-order valence-corrected chi connectivity index (χ1v) is 4.73. The maximum Gasteiger partial charge on any atom is 0.147 e. The minimum absolute atomic E-state index is 0.302. The summed E-state index contributed by atoms with van der Waals surface area (Å²) in [6, 6.07) is 1.66. The van der Waals surface area contributed by atoms with Gasteiger partial charge in [-0.3, -0.25) is 0 Å². The van der Waals surface area contributed by atoms with Crippen LogP contribution in [0.15, 0.2) is 17.2 Å². The van der Waals surface area contributed by atoms with Gasteiger partial charge in [0.15, 0.2) is 0 Å². The standard InChI is InChI=1S/C5H2Cl3NS/c6-4-1-3(10-8)2-9-5(4)7/h1-2H. The van der Waals surface area contributed by atoms with Gasteiger partial charge >= 0.3 is 0 Å². The van der Waals surface area contributed by atoms with Gasteiger partial charge in [-0.15, -0.1) is 0 Å². The van der Waals surface area contributed by atoms with Crippen molar-refractivity contribution in [2.24, 2.45) is 0 Å². The quantitative estimate of drug-likeness (QED) is 0.662. The number of nitrogens with zero attached hydrogens (tertiary/aromatic N) is 1. The summed E-state index contributed by atoms with van der Waals surface area (Å²) in [5.74, 6) is 0. The lowest BCUT2D eigenvalue weighted by Crippen LogP contribution is -1.76. The highest BCUT2D eigenvalue weighted by Crippen LogP contribution is 2.27. The fourth-order valence-corrected chi connectivity index (χ4v) is 1.29. The van der Waals surface area contributed by atoms with Crippen LogP contribution in [0.25, 0.3) is 0 Å². The third kappa shape index (κ3) is 1.92. The summed E-state index contributed by atoms with van der Waals surface area (Å²) >= 11 is 11.2. The second kappa shape index (κ2) is 3.67. The molecule has 0 aliphatic heterocycles. The van der Waals surface area contributed by atoms with E-state index < -0.39 is 0 Å². The molecule has 0 unspecified atom stereocenters. The highest BCUT2D eigenvalue weighted by atomic mass is 35.7. The van der Waals surface area contributed by atoms with Crippen molar-refractivity contribution in [3.63, 3.8) is 0 Å². The predicted octanol–water partition coefficient (Wildman–Crippen LogP) is 3.63. The Morgan fingerprint density at radius 1 is 1.40 bits per heavy atom. The van der Waals surface area contributed by atoms with Crippen molar-refractivity contribution in [1.82, 2.24) is 4.98 Å². The smallest absolute Gasteiger partial charge is 0.147 e. The van der Waals surface area contributed by atoms with Crippen molar-refractivity contribution in [1.29, 1.82) is 0 Å². The van der Waals surface area contributed by atoms with Crippen molar-refractivity contribution in [3.05, 3.63) is 22.4 Å². The Balaban J connectivity index is 3.04. The molecule has 1 heterocycles. The van der Waals surface area contributed by atoms with Crippen molar-refractivity contribution in [3.8, 4) is 0 Å². The van der Waals surface area contributed by atoms with Gasteiger partial charge in [0.05, 0.1) is 5.02 Å². The number of pyridine rings is 1. The van der Waals surface area contributed by atoms with Gasteiger partial charge < -0.3 is 0 Å². The fourth-order valence-electron chi connectivity index (χ4n) is 0.446. The Labute approximate surface area is 77.2 Å². The van der Waals surface area contributed by atoms with Gasteiger partial charge in [-0.2, -0.15) is 0 Å². The van der Waals surface area contributed by atoms with E-state index in [1.165, 1.54) is 0 Å². The van der Waals surface area contributed by atoms with E-state index in [-0.39, 0.29) is 0 Å². The van der Waals surface area contributed by atoms with Crippen LogP contribution in [0, 0.1) is 0 Å². The van der Waals surface area contributed by atoms with E-state index in [4.69, 9.17) is 33.9 Å². The summed E-state index contributed by atoms with van der Waals surface area (Å²) in [4.78, 5) is 4.57. The fraction of sp³-hybridized carbons (Fsp3) is 0. The average Bonchev–Trinajstić information content (AvgIpc) is 1.95. The van der Waals surface area contributed by atoms with E-state index in [9.17, 15) is 0 Å². The lowest BCUT2D eigenvalue weighted by atomic mass is 10.5. The number of aromatic nitrogens is 1. The Kier molecular flexibility index (Phi) is 3.11. The van der Waals surface area contributed by atoms with Crippen LogP contribution in [0.1, 0.15) is 0 Å². The van der Waals surface area contributed by atoms with Crippen LogP contribution in [-0.4, -0.2) is 4.98 Å². The molecule has 0 N–H and O–H groups in total. The minimum atomic E-state index is 0.302. The van der Waals surface area contributed by atoms with Gasteiger partial charge in [0.1, 0.15) is 5.15 Å². The number of hydrogen-bond donors (Lipinski definition) is 0. The first kappa shape index (κ1) is 8.47. The predicted molar refractivity (Wildman–Crippen MR) is 46.0 cm³/mol.